The molecule has 0 spiro atoms. The van der Waals surface area contributed by atoms with E-state index in [1.165, 1.54) is 9.88 Å². The standard InChI is InChI=1S/C14H23N3O2S/c1-3-13-16-10-12(20-13)9-15-11-5-7-17(8-6-11)14(18)19-4-2/h10-11,15H,3-9H2,1-2H3. The van der Waals surface area contributed by atoms with Crippen molar-refractivity contribution >= 4 is 17.4 Å². The van der Waals surface area contributed by atoms with Gasteiger partial charge in [-0.3, -0.25) is 0 Å². The Kier molecular flexibility index (Phi) is 5.79. The third-order valence-corrected chi connectivity index (χ3v) is 4.63. The van der Waals surface area contributed by atoms with Gasteiger partial charge in [0.15, 0.2) is 0 Å². The van der Waals surface area contributed by atoms with Gasteiger partial charge in [0.1, 0.15) is 0 Å². The second-order valence-corrected chi connectivity index (χ2v) is 6.11. The monoisotopic (exact) mass is 297 g/mol. The van der Waals surface area contributed by atoms with Gasteiger partial charge in [-0.1, -0.05) is 6.92 Å². The molecule has 0 bridgehead atoms. The molecule has 2 heterocycles. The zero-order chi connectivity index (χ0) is 14.4. The predicted molar refractivity (Wildman–Crippen MR) is 79.9 cm³/mol. The lowest BCUT2D eigenvalue weighted by Crippen LogP contribution is -2.44. The van der Waals surface area contributed by atoms with Gasteiger partial charge in [-0.15, -0.1) is 11.3 Å². The van der Waals surface area contributed by atoms with E-state index in [0.29, 0.717) is 12.6 Å². The molecule has 0 unspecified atom stereocenters. The van der Waals surface area contributed by atoms with Crippen LogP contribution in [0.2, 0.25) is 0 Å². The van der Waals surface area contributed by atoms with Gasteiger partial charge in [0.2, 0.25) is 0 Å². The largest absolute Gasteiger partial charge is 0.450 e. The van der Waals surface area contributed by atoms with Crippen LogP contribution in [0.3, 0.4) is 0 Å². The van der Waals surface area contributed by atoms with Gasteiger partial charge >= 0.3 is 6.09 Å². The molecule has 1 aromatic rings. The van der Waals surface area contributed by atoms with Gasteiger partial charge in [0.05, 0.1) is 11.6 Å². The molecule has 1 aliphatic heterocycles. The van der Waals surface area contributed by atoms with Crippen molar-refractivity contribution in [3.05, 3.63) is 16.1 Å². The molecule has 2 rings (SSSR count). The molecule has 0 atom stereocenters. The van der Waals surface area contributed by atoms with E-state index in [1.54, 1.807) is 16.2 Å². The fourth-order valence-corrected chi connectivity index (χ4v) is 3.13. The van der Waals surface area contributed by atoms with Crippen LogP contribution in [-0.4, -0.2) is 41.7 Å². The van der Waals surface area contributed by atoms with E-state index < -0.39 is 0 Å². The van der Waals surface area contributed by atoms with E-state index in [2.05, 4.69) is 17.2 Å². The number of likely N-dealkylation sites (tertiary alicyclic amines) is 1. The quantitative estimate of drug-likeness (QED) is 0.907. The number of hydrogen-bond donors (Lipinski definition) is 1. The molecular weight excluding hydrogens is 274 g/mol. The van der Waals surface area contributed by atoms with Crippen LogP contribution in [0.25, 0.3) is 0 Å². The highest BCUT2D eigenvalue weighted by Crippen LogP contribution is 2.15. The van der Waals surface area contributed by atoms with Crippen molar-refractivity contribution in [2.45, 2.75) is 45.7 Å². The number of nitrogens with zero attached hydrogens (tertiary/aromatic N) is 2. The highest BCUT2D eigenvalue weighted by atomic mass is 32.1. The Balaban J connectivity index is 1.70. The summed E-state index contributed by atoms with van der Waals surface area (Å²) in [6, 6.07) is 0.479. The van der Waals surface area contributed by atoms with E-state index in [4.69, 9.17) is 4.74 Å². The number of carbonyl (C=O) groups is 1. The normalized spacial score (nSPS) is 16.4. The van der Waals surface area contributed by atoms with Crippen molar-refractivity contribution in [1.82, 2.24) is 15.2 Å². The van der Waals surface area contributed by atoms with Crippen LogP contribution in [-0.2, 0) is 17.7 Å². The Bertz CT molecular complexity index is 428. The van der Waals surface area contributed by atoms with Crippen molar-refractivity contribution in [3.63, 3.8) is 0 Å². The predicted octanol–water partition coefficient (Wildman–Crippen LogP) is 2.42. The van der Waals surface area contributed by atoms with Crippen LogP contribution in [0, 0.1) is 0 Å². The number of aryl methyl sites for hydroxylation is 1. The van der Waals surface area contributed by atoms with Crippen molar-refractivity contribution in [2.75, 3.05) is 19.7 Å². The van der Waals surface area contributed by atoms with Crippen molar-refractivity contribution in [2.24, 2.45) is 0 Å². The highest BCUT2D eigenvalue weighted by molar-refractivity contribution is 7.11. The van der Waals surface area contributed by atoms with Gasteiger partial charge in [-0.25, -0.2) is 9.78 Å². The molecule has 1 N–H and O–H groups in total. The maximum absolute atomic E-state index is 11.6. The van der Waals surface area contributed by atoms with Crippen LogP contribution in [0.1, 0.15) is 36.6 Å². The van der Waals surface area contributed by atoms with Crippen LogP contribution >= 0.6 is 11.3 Å². The molecule has 5 nitrogen and oxygen atoms in total. The lowest BCUT2D eigenvalue weighted by atomic mass is 10.1. The summed E-state index contributed by atoms with van der Waals surface area (Å²) in [5, 5.41) is 4.75. The number of piperidine rings is 1. The number of rotatable bonds is 5. The summed E-state index contributed by atoms with van der Waals surface area (Å²) < 4.78 is 5.02. The summed E-state index contributed by atoms with van der Waals surface area (Å²) in [5.41, 5.74) is 0. The van der Waals surface area contributed by atoms with Crippen molar-refractivity contribution in [1.29, 1.82) is 0 Å². The van der Waals surface area contributed by atoms with Gasteiger partial charge in [0, 0.05) is 36.8 Å². The zero-order valence-electron chi connectivity index (χ0n) is 12.2. The maximum Gasteiger partial charge on any atom is 0.409 e. The average molecular weight is 297 g/mol. The molecule has 1 aromatic heterocycles. The molecule has 1 amide bonds. The van der Waals surface area contributed by atoms with E-state index in [-0.39, 0.29) is 6.09 Å². The number of aromatic nitrogens is 1. The van der Waals surface area contributed by atoms with Crippen LogP contribution in [0.15, 0.2) is 6.20 Å². The lowest BCUT2D eigenvalue weighted by Gasteiger charge is -2.31. The Morgan fingerprint density at radius 1 is 1.50 bits per heavy atom. The topological polar surface area (TPSA) is 54.5 Å². The van der Waals surface area contributed by atoms with Gasteiger partial charge < -0.3 is 15.0 Å². The Morgan fingerprint density at radius 3 is 2.85 bits per heavy atom. The van der Waals surface area contributed by atoms with E-state index in [9.17, 15) is 4.79 Å². The van der Waals surface area contributed by atoms with Crippen LogP contribution < -0.4 is 5.32 Å². The van der Waals surface area contributed by atoms with E-state index in [1.807, 2.05) is 13.1 Å². The minimum Gasteiger partial charge on any atom is -0.450 e. The van der Waals surface area contributed by atoms with Crippen molar-refractivity contribution < 1.29 is 9.53 Å². The van der Waals surface area contributed by atoms with Gasteiger partial charge in [-0.2, -0.15) is 0 Å². The molecule has 1 aliphatic rings. The number of ether oxygens (including phenoxy) is 1. The molecule has 0 aromatic carbocycles. The van der Waals surface area contributed by atoms with Crippen LogP contribution in [0.4, 0.5) is 4.79 Å². The molecule has 1 fully saturated rings. The van der Waals surface area contributed by atoms with Gasteiger partial charge in [-0.05, 0) is 26.2 Å². The first-order valence-corrected chi connectivity index (χ1v) is 8.13. The summed E-state index contributed by atoms with van der Waals surface area (Å²) in [7, 11) is 0. The smallest absolute Gasteiger partial charge is 0.409 e. The number of amides is 1. The number of thiazole rings is 1. The molecule has 0 aliphatic carbocycles. The molecule has 20 heavy (non-hydrogen) atoms. The second-order valence-electron chi connectivity index (χ2n) is 4.92. The summed E-state index contributed by atoms with van der Waals surface area (Å²) >= 11 is 1.78. The van der Waals surface area contributed by atoms with Gasteiger partial charge in [0.25, 0.3) is 0 Å². The molecule has 112 valence electrons. The fourth-order valence-electron chi connectivity index (χ4n) is 2.32. The van der Waals surface area contributed by atoms with E-state index >= 15 is 0 Å². The molecule has 1 saturated heterocycles. The zero-order valence-corrected chi connectivity index (χ0v) is 13.0. The number of hydrogen-bond acceptors (Lipinski definition) is 5. The Labute approximate surface area is 124 Å². The third kappa shape index (κ3) is 4.18. The lowest BCUT2D eigenvalue weighted by molar-refractivity contribution is 0.0950. The summed E-state index contributed by atoms with van der Waals surface area (Å²) in [6.07, 6.45) is 4.75. The van der Waals surface area contributed by atoms with Crippen molar-refractivity contribution in [3.8, 4) is 0 Å². The third-order valence-electron chi connectivity index (χ3n) is 3.49. The van der Waals surface area contributed by atoms with Crippen LogP contribution in [0.5, 0.6) is 0 Å². The maximum atomic E-state index is 11.6. The molecule has 0 saturated carbocycles. The summed E-state index contributed by atoms with van der Waals surface area (Å²) in [6.45, 7) is 6.84. The second kappa shape index (κ2) is 7.59. The Morgan fingerprint density at radius 2 is 2.25 bits per heavy atom. The number of nitrogens with one attached hydrogen (secondary N) is 1. The molecule has 0 radical (unpaired) electrons. The Hall–Kier alpha value is -1.14. The first-order chi connectivity index (χ1) is 9.72. The van der Waals surface area contributed by atoms with E-state index in [0.717, 1.165) is 38.9 Å². The first kappa shape index (κ1) is 15.3. The average Bonchev–Trinajstić information content (AvgIpc) is 2.94. The molecular formula is C14H23N3O2S. The minimum absolute atomic E-state index is 0.180. The SMILES string of the molecule is CCOC(=O)N1CCC(NCc2cnc(CC)s2)CC1. The highest BCUT2D eigenvalue weighted by Gasteiger charge is 2.23. The summed E-state index contributed by atoms with van der Waals surface area (Å²) in [4.78, 5) is 19.0. The fraction of sp³-hybridized carbons (Fsp3) is 0.714. The minimum atomic E-state index is -0.180. The first-order valence-electron chi connectivity index (χ1n) is 7.31. The molecule has 6 heteroatoms. The number of carbonyl (C=O) groups excluding carboxylic acids is 1. The summed E-state index contributed by atoms with van der Waals surface area (Å²) in [5.74, 6) is 0.